The minimum atomic E-state index is -4.67. The number of halogens is 3. The van der Waals surface area contributed by atoms with E-state index in [9.17, 15) is 18.0 Å². The highest BCUT2D eigenvalue weighted by molar-refractivity contribution is 5.86. The molecule has 1 aliphatic carbocycles. The first-order valence-electron chi connectivity index (χ1n) is 5.51. The zero-order chi connectivity index (χ0) is 13.2. The lowest BCUT2D eigenvalue weighted by Crippen LogP contribution is -2.17. The van der Waals surface area contributed by atoms with Crippen LogP contribution in [0.1, 0.15) is 24.8 Å². The third-order valence-electron chi connectivity index (χ3n) is 2.71. The molecule has 1 aromatic carbocycles. The maximum absolute atomic E-state index is 12.0. The van der Waals surface area contributed by atoms with E-state index in [-0.39, 0.29) is 11.5 Å². The number of hydrogen-bond donors (Lipinski definition) is 0. The topological polar surface area (TPSA) is 26.3 Å². The molecule has 0 saturated carbocycles. The number of ether oxygens (including phenoxy) is 1. The van der Waals surface area contributed by atoms with E-state index in [1.807, 2.05) is 6.08 Å². The quantitative estimate of drug-likeness (QED) is 0.806. The Kier molecular flexibility index (Phi) is 3.41. The van der Waals surface area contributed by atoms with Gasteiger partial charge in [0.15, 0.2) is 0 Å². The van der Waals surface area contributed by atoms with Gasteiger partial charge in [0.2, 0.25) is 0 Å². The molecule has 0 spiro atoms. The van der Waals surface area contributed by atoms with E-state index in [0.717, 1.165) is 11.1 Å². The van der Waals surface area contributed by atoms with Crippen molar-refractivity contribution in [2.24, 2.45) is 0 Å². The summed E-state index contributed by atoms with van der Waals surface area (Å²) in [5, 5.41) is 0. The highest BCUT2D eigenvalue weighted by atomic mass is 19.4. The summed E-state index contributed by atoms with van der Waals surface area (Å²) in [5.74, 6) is -0.0467. The van der Waals surface area contributed by atoms with Crippen LogP contribution >= 0.6 is 0 Å². The summed E-state index contributed by atoms with van der Waals surface area (Å²) in [6, 6.07) is 5.70. The molecule has 18 heavy (non-hydrogen) atoms. The van der Waals surface area contributed by atoms with E-state index in [1.54, 1.807) is 12.1 Å². The first kappa shape index (κ1) is 12.7. The summed E-state index contributed by atoms with van der Waals surface area (Å²) in [4.78, 5) is 11.1. The highest BCUT2D eigenvalue weighted by Crippen LogP contribution is 2.28. The van der Waals surface area contributed by atoms with Crippen LogP contribution in [0.3, 0.4) is 0 Å². The maximum Gasteiger partial charge on any atom is 0.573 e. The van der Waals surface area contributed by atoms with Gasteiger partial charge in [0, 0.05) is 12.8 Å². The lowest BCUT2D eigenvalue weighted by Gasteiger charge is -2.13. The fraction of sp³-hybridized carbons (Fsp3) is 0.308. The van der Waals surface area contributed by atoms with Crippen LogP contribution in [0.25, 0.3) is 5.57 Å². The predicted molar refractivity (Wildman–Crippen MR) is 60.0 cm³/mol. The number of Topliss-reactive ketones (excluding diaryl/α,β-unsaturated/α-hetero) is 1. The SMILES string of the molecule is O=C1CC=C(c2ccc(OC(F)(F)F)cc2)CC1. The number of ketones is 1. The Morgan fingerprint density at radius 2 is 1.72 bits per heavy atom. The molecule has 0 radical (unpaired) electrons. The Balaban J connectivity index is 2.10. The standard InChI is InChI=1S/C13H11F3O2/c14-13(15,16)18-12-7-3-10(4-8-12)9-1-5-11(17)6-2-9/h1,3-4,7-8H,2,5-6H2. The lowest BCUT2D eigenvalue weighted by atomic mass is 9.93. The van der Waals surface area contributed by atoms with Crippen molar-refractivity contribution in [2.75, 3.05) is 0 Å². The molecule has 2 rings (SSSR count). The second-order valence-electron chi connectivity index (χ2n) is 4.04. The predicted octanol–water partition coefficient (Wildman–Crippen LogP) is 3.72. The highest BCUT2D eigenvalue weighted by Gasteiger charge is 2.31. The van der Waals surface area contributed by atoms with Gasteiger partial charge in [0.25, 0.3) is 0 Å². The molecule has 96 valence electrons. The summed E-state index contributed by atoms with van der Waals surface area (Å²) < 4.78 is 39.7. The third-order valence-corrected chi connectivity index (χ3v) is 2.71. The molecule has 0 aliphatic heterocycles. The van der Waals surface area contributed by atoms with Crippen LogP contribution in [0, 0.1) is 0 Å². The molecule has 1 aliphatic rings. The van der Waals surface area contributed by atoms with Crippen LogP contribution in [0.2, 0.25) is 0 Å². The molecule has 0 heterocycles. The summed E-state index contributed by atoms with van der Waals surface area (Å²) in [6.07, 6.45) is -1.31. The van der Waals surface area contributed by atoms with Crippen molar-refractivity contribution in [1.29, 1.82) is 0 Å². The molecule has 0 N–H and O–H groups in total. The molecule has 0 amide bonds. The molecule has 0 aromatic heterocycles. The van der Waals surface area contributed by atoms with E-state index in [4.69, 9.17) is 0 Å². The van der Waals surface area contributed by atoms with E-state index >= 15 is 0 Å². The summed E-state index contributed by atoms with van der Waals surface area (Å²) in [5.41, 5.74) is 1.82. The number of rotatable bonds is 2. The first-order chi connectivity index (χ1) is 8.44. The Labute approximate surface area is 102 Å². The molecule has 5 heteroatoms. The molecular formula is C13H11F3O2. The van der Waals surface area contributed by atoms with Crippen LogP contribution in [-0.4, -0.2) is 12.1 Å². The Hall–Kier alpha value is -1.78. The van der Waals surface area contributed by atoms with Crippen LogP contribution in [0.4, 0.5) is 13.2 Å². The Bertz CT molecular complexity index is 472. The summed E-state index contributed by atoms with van der Waals surface area (Å²) >= 11 is 0. The number of carbonyl (C=O) groups excluding carboxylic acids is 1. The van der Waals surface area contributed by atoms with E-state index in [2.05, 4.69) is 4.74 Å². The number of alkyl halides is 3. The molecule has 0 fully saturated rings. The van der Waals surface area contributed by atoms with Gasteiger partial charge in [-0.05, 0) is 29.7 Å². The van der Waals surface area contributed by atoms with Crippen LogP contribution in [0.15, 0.2) is 30.3 Å². The van der Waals surface area contributed by atoms with Crippen molar-refractivity contribution in [3.63, 3.8) is 0 Å². The largest absolute Gasteiger partial charge is 0.573 e. The van der Waals surface area contributed by atoms with Gasteiger partial charge in [-0.15, -0.1) is 13.2 Å². The molecule has 0 atom stereocenters. The fourth-order valence-electron chi connectivity index (χ4n) is 1.85. The zero-order valence-electron chi connectivity index (χ0n) is 9.46. The first-order valence-corrected chi connectivity index (χ1v) is 5.51. The summed E-state index contributed by atoms with van der Waals surface area (Å²) in [6.45, 7) is 0. The normalized spacial score (nSPS) is 16.4. The number of hydrogen-bond acceptors (Lipinski definition) is 2. The van der Waals surface area contributed by atoms with Crippen molar-refractivity contribution in [3.8, 4) is 5.75 Å². The van der Waals surface area contributed by atoms with Gasteiger partial charge in [-0.2, -0.15) is 0 Å². The van der Waals surface area contributed by atoms with Gasteiger partial charge in [-0.1, -0.05) is 18.2 Å². The van der Waals surface area contributed by atoms with Crippen molar-refractivity contribution in [2.45, 2.75) is 25.6 Å². The van der Waals surface area contributed by atoms with Crippen molar-refractivity contribution < 1.29 is 22.7 Å². The second-order valence-corrected chi connectivity index (χ2v) is 4.04. The van der Waals surface area contributed by atoms with E-state index in [1.165, 1.54) is 12.1 Å². The molecule has 1 aromatic rings. The van der Waals surface area contributed by atoms with Crippen LogP contribution in [0.5, 0.6) is 5.75 Å². The average Bonchev–Trinajstić information content (AvgIpc) is 2.29. The van der Waals surface area contributed by atoms with Crippen molar-refractivity contribution >= 4 is 11.4 Å². The van der Waals surface area contributed by atoms with Gasteiger partial charge >= 0.3 is 6.36 Å². The molecule has 0 unspecified atom stereocenters. The average molecular weight is 256 g/mol. The minimum absolute atomic E-state index is 0.191. The summed E-state index contributed by atoms with van der Waals surface area (Å²) in [7, 11) is 0. The van der Waals surface area contributed by atoms with Gasteiger partial charge < -0.3 is 4.74 Å². The monoisotopic (exact) mass is 256 g/mol. The minimum Gasteiger partial charge on any atom is -0.406 e. The molecular weight excluding hydrogens is 245 g/mol. The Morgan fingerprint density at radius 1 is 1.06 bits per heavy atom. The number of benzene rings is 1. The lowest BCUT2D eigenvalue weighted by molar-refractivity contribution is -0.274. The molecule has 0 bridgehead atoms. The zero-order valence-corrected chi connectivity index (χ0v) is 9.46. The van der Waals surface area contributed by atoms with Crippen LogP contribution in [-0.2, 0) is 4.79 Å². The van der Waals surface area contributed by atoms with Crippen molar-refractivity contribution in [1.82, 2.24) is 0 Å². The fourth-order valence-corrected chi connectivity index (χ4v) is 1.85. The number of carbonyl (C=O) groups is 1. The van der Waals surface area contributed by atoms with E-state index in [0.29, 0.717) is 19.3 Å². The maximum atomic E-state index is 12.0. The van der Waals surface area contributed by atoms with Crippen molar-refractivity contribution in [3.05, 3.63) is 35.9 Å². The third kappa shape index (κ3) is 3.35. The van der Waals surface area contributed by atoms with E-state index < -0.39 is 6.36 Å². The van der Waals surface area contributed by atoms with Gasteiger partial charge in [-0.3, -0.25) is 4.79 Å². The number of allylic oxidation sites excluding steroid dienone is 2. The molecule has 2 nitrogen and oxygen atoms in total. The Morgan fingerprint density at radius 3 is 2.22 bits per heavy atom. The van der Waals surface area contributed by atoms with Gasteiger partial charge in [-0.25, -0.2) is 0 Å². The van der Waals surface area contributed by atoms with Crippen LogP contribution < -0.4 is 4.74 Å². The second kappa shape index (κ2) is 4.84. The van der Waals surface area contributed by atoms with Gasteiger partial charge in [0.05, 0.1) is 0 Å². The molecule has 0 saturated heterocycles. The van der Waals surface area contributed by atoms with Gasteiger partial charge in [0.1, 0.15) is 11.5 Å². The smallest absolute Gasteiger partial charge is 0.406 e.